The highest BCUT2D eigenvalue weighted by atomic mass is 32.2. The average Bonchev–Trinajstić information content (AvgIpc) is 2.40. The van der Waals surface area contributed by atoms with Gasteiger partial charge in [-0.2, -0.15) is 11.8 Å². The molecule has 1 heterocycles. The summed E-state index contributed by atoms with van der Waals surface area (Å²) in [5.41, 5.74) is 5.11. The van der Waals surface area contributed by atoms with Crippen molar-refractivity contribution in [2.45, 2.75) is 38.6 Å². The van der Waals surface area contributed by atoms with Crippen LogP contribution >= 0.6 is 11.8 Å². The third-order valence-corrected chi connectivity index (χ3v) is 4.36. The second-order valence-corrected chi connectivity index (χ2v) is 6.49. The molecule has 0 bridgehead atoms. The first-order valence-electron chi connectivity index (χ1n) is 6.84. The molecule has 7 nitrogen and oxygen atoms in total. The first-order valence-corrected chi connectivity index (χ1v) is 8.13. The Balaban J connectivity index is 3.18. The van der Waals surface area contributed by atoms with Crippen LogP contribution in [0, 0.1) is 5.92 Å². The van der Waals surface area contributed by atoms with Crippen molar-refractivity contribution in [1.82, 2.24) is 9.55 Å². The van der Waals surface area contributed by atoms with Gasteiger partial charge in [0.05, 0.1) is 6.61 Å². The second-order valence-electron chi connectivity index (χ2n) is 5.41. The zero-order valence-corrected chi connectivity index (χ0v) is 13.7. The third kappa shape index (κ3) is 4.28. The summed E-state index contributed by atoms with van der Waals surface area (Å²) in [5.74, 6) is 0.347. The van der Waals surface area contributed by atoms with Gasteiger partial charge >= 0.3 is 5.69 Å². The maximum Gasteiger partial charge on any atom is 0.330 e. The minimum absolute atomic E-state index is 0.0151. The number of aliphatic hydroxyl groups is 1. The summed E-state index contributed by atoms with van der Waals surface area (Å²) in [5, 5.41) is 12.2. The smallest absolute Gasteiger partial charge is 0.330 e. The maximum atomic E-state index is 12.0. The van der Waals surface area contributed by atoms with E-state index in [4.69, 9.17) is 5.73 Å². The van der Waals surface area contributed by atoms with E-state index in [1.54, 1.807) is 0 Å². The van der Waals surface area contributed by atoms with Gasteiger partial charge in [-0.3, -0.25) is 14.3 Å². The van der Waals surface area contributed by atoms with Gasteiger partial charge in [-0.25, -0.2) is 4.79 Å². The lowest BCUT2D eigenvalue weighted by Gasteiger charge is -2.23. The number of thioether (sulfide) groups is 1. The topological polar surface area (TPSA) is 113 Å². The van der Waals surface area contributed by atoms with E-state index in [1.807, 2.05) is 27.0 Å². The van der Waals surface area contributed by atoms with Crippen molar-refractivity contribution < 1.29 is 5.11 Å². The number of hydrogen-bond acceptors (Lipinski definition) is 6. The molecule has 0 fully saturated rings. The fourth-order valence-corrected chi connectivity index (χ4v) is 2.66. The van der Waals surface area contributed by atoms with E-state index in [-0.39, 0.29) is 35.3 Å². The van der Waals surface area contributed by atoms with Gasteiger partial charge in [0.2, 0.25) is 0 Å². The van der Waals surface area contributed by atoms with Crippen LogP contribution in [0.2, 0.25) is 0 Å². The fourth-order valence-electron chi connectivity index (χ4n) is 2.03. The average molecular weight is 316 g/mol. The lowest BCUT2D eigenvalue weighted by Crippen LogP contribution is -2.38. The van der Waals surface area contributed by atoms with E-state index in [2.05, 4.69) is 10.3 Å². The summed E-state index contributed by atoms with van der Waals surface area (Å²) in [6.45, 7) is 6.19. The van der Waals surface area contributed by atoms with E-state index in [0.29, 0.717) is 6.54 Å². The van der Waals surface area contributed by atoms with Crippen LogP contribution in [0.15, 0.2) is 9.59 Å². The Hall–Kier alpha value is -1.41. The predicted molar refractivity (Wildman–Crippen MR) is 88.0 cm³/mol. The van der Waals surface area contributed by atoms with Crippen LogP contribution in [0.25, 0.3) is 0 Å². The van der Waals surface area contributed by atoms with Gasteiger partial charge in [0.1, 0.15) is 11.5 Å². The van der Waals surface area contributed by atoms with E-state index >= 15 is 0 Å². The molecule has 0 spiro atoms. The number of rotatable bonds is 7. The summed E-state index contributed by atoms with van der Waals surface area (Å²) in [6, 6.07) is -0.168. The largest absolute Gasteiger partial charge is 0.395 e. The van der Waals surface area contributed by atoms with Gasteiger partial charge in [0, 0.05) is 17.8 Å². The van der Waals surface area contributed by atoms with Crippen molar-refractivity contribution in [3.8, 4) is 0 Å². The van der Waals surface area contributed by atoms with Crippen molar-refractivity contribution >= 4 is 23.3 Å². The van der Waals surface area contributed by atoms with Gasteiger partial charge in [-0.05, 0) is 19.1 Å². The molecule has 2 atom stereocenters. The van der Waals surface area contributed by atoms with Crippen molar-refractivity contribution in [3.05, 3.63) is 20.8 Å². The number of nitrogens with two attached hydrogens (primary N) is 1. The van der Waals surface area contributed by atoms with Crippen LogP contribution in [0.1, 0.15) is 20.8 Å². The highest BCUT2D eigenvalue weighted by Gasteiger charge is 2.19. The van der Waals surface area contributed by atoms with Crippen molar-refractivity contribution in [2.75, 3.05) is 23.9 Å². The zero-order valence-electron chi connectivity index (χ0n) is 12.8. The molecule has 5 N–H and O–H groups in total. The lowest BCUT2D eigenvalue weighted by molar-refractivity contribution is 0.288. The molecule has 0 saturated heterocycles. The molecule has 21 heavy (non-hydrogen) atoms. The Labute approximate surface area is 127 Å². The van der Waals surface area contributed by atoms with Gasteiger partial charge in [-0.15, -0.1) is 0 Å². The van der Waals surface area contributed by atoms with Gasteiger partial charge < -0.3 is 16.2 Å². The molecule has 0 aromatic carbocycles. The summed E-state index contributed by atoms with van der Waals surface area (Å²) in [6.07, 6.45) is 1.88. The van der Waals surface area contributed by atoms with Crippen LogP contribution < -0.4 is 22.3 Å². The molecule has 8 heteroatoms. The lowest BCUT2D eigenvalue weighted by atomic mass is 10.2. The Kier molecular flexibility index (Phi) is 6.35. The standard InChI is InChI=1S/C13H24N4O3S/c1-7(2)5-17-11(14)10(12(19)16-13(17)20)15-8(3)9(6-18)21-4/h7-9,15,18H,5-6,14H2,1-4H3,(H,16,19,20). The Morgan fingerprint density at radius 1 is 1.38 bits per heavy atom. The van der Waals surface area contributed by atoms with E-state index in [1.165, 1.54) is 16.3 Å². The van der Waals surface area contributed by atoms with Gasteiger partial charge in [-0.1, -0.05) is 13.8 Å². The van der Waals surface area contributed by atoms with Crippen LogP contribution in [0.4, 0.5) is 11.5 Å². The number of aromatic nitrogens is 2. The SMILES string of the molecule is CSC(CO)C(C)Nc1c(N)n(CC(C)C)c(=O)[nH]c1=O. The summed E-state index contributed by atoms with van der Waals surface area (Å²) in [7, 11) is 0. The minimum Gasteiger partial charge on any atom is -0.395 e. The van der Waals surface area contributed by atoms with Gasteiger partial charge in [0.25, 0.3) is 5.56 Å². The van der Waals surface area contributed by atoms with Crippen LogP contribution in [-0.4, -0.2) is 38.8 Å². The van der Waals surface area contributed by atoms with Crippen molar-refractivity contribution in [1.29, 1.82) is 0 Å². The Bertz CT molecular complexity index is 578. The van der Waals surface area contributed by atoms with E-state index in [0.717, 1.165) is 0 Å². The number of anilines is 2. The molecule has 0 aliphatic heterocycles. The number of hydrogen-bond donors (Lipinski definition) is 4. The van der Waals surface area contributed by atoms with Crippen LogP contribution in [0.5, 0.6) is 0 Å². The second kappa shape index (κ2) is 7.56. The molecule has 1 aromatic rings. The molecule has 0 saturated carbocycles. The van der Waals surface area contributed by atoms with Crippen LogP contribution in [-0.2, 0) is 6.54 Å². The number of nitrogens with one attached hydrogen (secondary N) is 2. The normalized spacial score (nSPS) is 14.2. The molecule has 120 valence electrons. The third-order valence-electron chi connectivity index (χ3n) is 3.20. The summed E-state index contributed by atoms with van der Waals surface area (Å²) in [4.78, 5) is 26.1. The highest BCUT2D eigenvalue weighted by Crippen LogP contribution is 2.18. The monoisotopic (exact) mass is 316 g/mol. The molecular weight excluding hydrogens is 292 g/mol. The predicted octanol–water partition coefficient (Wildman–Crippen LogP) is 0.299. The molecule has 1 aromatic heterocycles. The van der Waals surface area contributed by atoms with E-state index < -0.39 is 11.2 Å². The number of aliphatic hydroxyl groups excluding tert-OH is 1. The Morgan fingerprint density at radius 2 is 2.00 bits per heavy atom. The molecule has 0 aliphatic rings. The number of nitrogens with zero attached hydrogens (tertiary/aromatic N) is 1. The molecule has 2 unspecified atom stereocenters. The van der Waals surface area contributed by atoms with Crippen molar-refractivity contribution in [2.24, 2.45) is 5.92 Å². The fraction of sp³-hybridized carbons (Fsp3) is 0.692. The van der Waals surface area contributed by atoms with Gasteiger partial charge in [0.15, 0.2) is 0 Å². The first-order chi connectivity index (χ1) is 9.81. The first kappa shape index (κ1) is 17.6. The van der Waals surface area contributed by atoms with Crippen molar-refractivity contribution in [3.63, 3.8) is 0 Å². The quantitative estimate of drug-likeness (QED) is 0.575. The minimum atomic E-state index is -0.540. The molecule has 0 radical (unpaired) electrons. The number of aromatic amines is 1. The number of H-pyrrole nitrogens is 1. The Morgan fingerprint density at radius 3 is 2.48 bits per heavy atom. The molecular formula is C13H24N4O3S. The molecule has 1 rings (SSSR count). The number of nitrogen functional groups attached to an aromatic ring is 1. The summed E-state index contributed by atoms with van der Waals surface area (Å²) < 4.78 is 1.36. The molecule has 0 aliphatic carbocycles. The maximum absolute atomic E-state index is 12.0. The van der Waals surface area contributed by atoms with Crippen LogP contribution in [0.3, 0.4) is 0 Å². The summed E-state index contributed by atoms with van der Waals surface area (Å²) >= 11 is 1.49. The van der Waals surface area contributed by atoms with E-state index in [9.17, 15) is 14.7 Å². The highest BCUT2D eigenvalue weighted by molar-refractivity contribution is 7.99. The molecule has 0 amide bonds. The zero-order chi connectivity index (χ0) is 16.2.